The summed E-state index contributed by atoms with van der Waals surface area (Å²) in [7, 11) is 0. The van der Waals surface area contributed by atoms with Crippen LogP contribution in [0.1, 0.15) is 23.4 Å². The van der Waals surface area contributed by atoms with Gasteiger partial charge >= 0.3 is 5.97 Å². The minimum Gasteiger partial charge on any atom is -0.463 e. The van der Waals surface area contributed by atoms with E-state index in [9.17, 15) is 4.79 Å². The smallest absolute Gasteiger partial charge is 0.338 e. The highest BCUT2D eigenvalue weighted by Crippen LogP contribution is 2.40. The van der Waals surface area contributed by atoms with Crippen LogP contribution in [0.25, 0.3) is 5.70 Å². The number of hydrogen-bond acceptors (Lipinski definition) is 6. The highest BCUT2D eigenvalue weighted by Gasteiger charge is 2.36. The maximum absolute atomic E-state index is 12.8. The summed E-state index contributed by atoms with van der Waals surface area (Å²) in [6.07, 6.45) is 1.49. The van der Waals surface area contributed by atoms with Crippen LogP contribution in [0.5, 0.6) is 0 Å². The van der Waals surface area contributed by atoms with Crippen LogP contribution in [0.3, 0.4) is 0 Å². The first-order valence-corrected chi connectivity index (χ1v) is 8.84. The van der Waals surface area contributed by atoms with Gasteiger partial charge in [-0.05, 0) is 23.9 Å². The number of anilines is 1. The van der Waals surface area contributed by atoms with Gasteiger partial charge in [-0.3, -0.25) is 0 Å². The zero-order valence-corrected chi connectivity index (χ0v) is 14.4. The molecule has 0 unspecified atom stereocenters. The summed E-state index contributed by atoms with van der Waals surface area (Å²) in [6, 6.07) is 13.3. The van der Waals surface area contributed by atoms with Crippen LogP contribution < -0.4 is 5.32 Å². The lowest BCUT2D eigenvalue weighted by Gasteiger charge is -2.28. The Kier molecular flexibility index (Phi) is 4.07. The minimum atomic E-state index is -0.368. The quantitative estimate of drug-likeness (QED) is 0.730. The fourth-order valence-corrected chi connectivity index (χ4v) is 3.75. The number of aromatic nitrogens is 3. The van der Waals surface area contributed by atoms with Gasteiger partial charge in [0.15, 0.2) is 0 Å². The van der Waals surface area contributed by atoms with Gasteiger partial charge in [-0.25, -0.2) is 9.48 Å². The second-order valence-electron chi connectivity index (χ2n) is 5.45. The molecule has 0 saturated heterocycles. The Hall–Kier alpha value is -2.93. The van der Waals surface area contributed by atoms with E-state index in [1.165, 1.54) is 6.33 Å². The van der Waals surface area contributed by atoms with Gasteiger partial charge in [0, 0.05) is 4.88 Å². The first-order chi connectivity index (χ1) is 12.3. The molecule has 1 aliphatic rings. The molecule has 0 bridgehead atoms. The van der Waals surface area contributed by atoms with Gasteiger partial charge in [-0.2, -0.15) is 10.1 Å². The number of nitrogens with one attached hydrogen (secondary N) is 1. The van der Waals surface area contributed by atoms with Gasteiger partial charge in [-0.15, -0.1) is 11.3 Å². The fourth-order valence-electron chi connectivity index (χ4n) is 2.93. The van der Waals surface area contributed by atoms with Crippen molar-refractivity contribution in [3.8, 4) is 0 Å². The second kappa shape index (κ2) is 6.52. The lowest BCUT2D eigenvalue weighted by molar-refractivity contribution is -0.138. The fraction of sp³-hybridized carbons (Fsp3) is 0.167. The average molecular weight is 352 g/mol. The first kappa shape index (κ1) is 15.6. The number of carbonyl (C=O) groups is 1. The summed E-state index contributed by atoms with van der Waals surface area (Å²) in [5.74, 6) is 0.249. The maximum atomic E-state index is 12.8. The zero-order chi connectivity index (χ0) is 17.2. The van der Waals surface area contributed by atoms with E-state index in [0.717, 1.165) is 10.4 Å². The van der Waals surface area contributed by atoms with Crippen LogP contribution >= 0.6 is 11.3 Å². The van der Waals surface area contributed by atoms with Crippen molar-refractivity contribution in [3.05, 3.63) is 70.2 Å². The van der Waals surface area contributed by atoms with Crippen molar-refractivity contribution in [2.45, 2.75) is 13.0 Å². The van der Waals surface area contributed by atoms with Gasteiger partial charge in [0.1, 0.15) is 12.4 Å². The average Bonchev–Trinajstić information content (AvgIpc) is 3.32. The van der Waals surface area contributed by atoms with E-state index in [1.807, 2.05) is 47.8 Å². The molecule has 6 nitrogen and oxygen atoms in total. The highest BCUT2D eigenvalue weighted by molar-refractivity contribution is 7.10. The third kappa shape index (κ3) is 2.72. The van der Waals surface area contributed by atoms with Crippen molar-refractivity contribution in [1.82, 2.24) is 14.8 Å². The first-order valence-electron chi connectivity index (χ1n) is 7.96. The molecule has 25 heavy (non-hydrogen) atoms. The van der Waals surface area contributed by atoms with Crippen molar-refractivity contribution in [2.75, 3.05) is 11.9 Å². The molecule has 0 radical (unpaired) electrons. The molecule has 3 heterocycles. The van der Waals surface area contributed by atoms with Crippen LogP contribution in [0.2, 0.25) is 0 Å². The summed E-state index contributed by atoms with van der Waals surface area (Å²) in [5.41, 5.74) is 2.15. The van der Waals surface area contributed by atoms with E-state index in [2.05, 4.69) is 15.4 Å². The standard InChI is InChI=1S/C18H16N4O2S/c1-2-24-17(23)14-15(12-7-4-3-5-8-12)21-18-19-11-20-22(18)16(14)13-9-6-10-25-13/h3-11,16H,2H2,1H3,(H,19,20,21)/t16-/m1/s1. The minimum absolute atomic E-state index is 0.311. The van der Waals surface area contributed by atoms with E-state index in [0.29, 0.717) is 23.8 Å². The number of nitrogens with zero attached hydrogens (tertiary/aromatic N) is 3. The molecule has 1 atom stereocenters. The van der Waals surface area contributed by atoms with Crippen molar-refractivity contribution >= 4 is 29.0 Å². The van der Waals surface area contributed by atoms with Crippen LogP contribution in [0.4, 0.5) is 5.95 Å². The lowest BCUT2D eigenvalue weighted by atomic mass is 9.97. The summed E-state index contributed by atoms with van der Waals surface area (Å²) in [4.78, 5) is 18.1. The lowest BCUT2D eigenvalue weighted by Crippen LogP contribution is -2.29. The predicted molar refractivity (Wildman–Crippen MR) is 96.1 cm³/mol. The van der Waals surface area contributed by atoms with Crippen LogP contribution in [0.15, 0.2) is 59.7 Å². The molecule has 1 aliphatic heterocycles. The van der Waals surface area contributed by atoms with Crippen molar-refractivity contribution in [2.24, 2.45) is 0 Å². The molecule has 1 aromatic carbocycles. The van der Waals surface area contributed by atoms with Crippen molar-refractivity contribution < 1.29 is 9.53 Å². The number of rotatable bonds is 4. The van der Waals surface area contributed by atoms with Gasteiger partial charge in [0.05, 0.1) is 17.9 Å². The number of carbonyl (C=O) groups excluding carboxylic acids is 1. The number of esters is 1. The van der Waals surface area contributed by atoms with Crippen LogP contribution in [-0.2, 0) is 9.53 Å². The van der Waals surface area contributed by atoms with Gasteiger partial charge < -0.3 is 10.1 Å². The monoisotopic (exact) mass is 352 g/mol. The Morgan fingerprint density at radius 2 is 2.12 bits per heavy atom. The number of fused-ring (bicyclic) bond motifs is 1. The Balaban J connectivity index is 1.95. The Bertz CT molecular complexity index is 916. The molecule has 0 fully saturated rings. The molecule has 1 N–H and O–H groups in total. The van der Waals surface area contributed by atoms with E-state index >= 15 is 0 Å². The van der Waals surface area contributed by atoms with Crippen molar-refractivity contribution in [1.29, 1.82) is 0 Å². The Morgan fingerprint density at radius 3 is 2.84 bits per heavy atom. The van der Waals surface area contributed by atoms with Gasteiger partial charge in [-0.1, -0.05) is 36.4 Å². The van der Waals surface area contributed by atoms with E-state index in [-0.39, 0.29) is 12.0 Å². The summed E-state index contributed by atoms with van der Waals surface area (Å²) >= 11 is 1.57. The van der Waals surface area contributed by atoms with Crippen molar-refractivity contribution in [3.63, 3.8) is 0 Å². The molecule has 2 aromatic heterocycles. The molecule has 7 heteroatoms. The van der Waals surface area contributed by atoms with E-state index in [1.54, 1.807) is 22.9 Å². The molecule has 4 rings (SSSR count). The summed E-state index contributed by atoms with van der Waals surface area (Å²) < 4.78 is 7.09. The molecule has 126 valence electrons. The van der Waals surface area contributed by atoms with Crippen LogP contribution in [-0.4, -0.2) is 27.3 Å². The van der Waals surface area contributed by atoms with E-state index < -0.39 is 0 Å². The second-order valence-corrected chi connectivity index (χ2v) is 6.43. The SMILES string of the molecule is CCOC(=O)C1=C(c2ccccc2)Nc2ncnn2[C@@H]1c1cccs1. The molecule has 0 aliphatic carbocycles. The Labute approximate surface area is 148 Å². The van der Waals surface area contributed by atoms with Crippen LogP contribution in [0, 0.1) is 0 Å². The summed E-state index contributed by atoms with van der Waals surface area (Å²) in [5, 5.41) is 9.56. The number of benzene rings is 1. The summed E-state index contributed by atoms with van der Waals surface area (Å²) in [6.45, 7) is 2.11. The Morgan fingerprint density at radius 1 is 1.28 bits per heavy atom. The topological polar surface area (TPSA) is 69.0 Å². The number of hydrogen-bond donors (Lipinski definition) is 1. The molecular formula is C18H16N4O2S. The van der Waals surface area contributed by atoms with Gasteiger partial charge in [0.2, 0.25) is 5.95 Å². The van der Waals surface area contributed by atoms with Gasteiger partial charge in [0.25, 0.3) is 0 Å². The third-order valence-corrected chi connectivity index (χ3v) is 4.89. The van der Waals surface area contributed by atoms with E-state index in [4.69, 9.17) is 4.74 Å². The molecule has 0 amide bonds. The normalized spacial score (nSPS) is 16.3. The maximum Gasteiger partial charge on any atom is 0.338 e. The zero-order valence-electron chi connectivity index (χ0n) is 13.5. The molecule has 0 spiro atoms. The molecular weight excluding hydrogens is 336 g/mol. The number of thiophene rings is 1. The molecule has 3 aromatic rings. The predicted octanol–water partition coefficient (Wildman–Crippen LogP) is 3.33. The molecule has 0 saturated carbocycles. The third-order valence-electron chi connectivity index (χ3n) is 3.97. The highest BCUT2D eigenvalue weighted by atomic mass is 32.1. The number of ether oxygens (including phenoxy) is 1. The largest absolute Gasteiger partial charge is 0.463 e.